The van der Waals surface area contributed by atoms with Gasteiger partial charge in [-0.2, -0.15) is 8.78 Å². The van der Waals surface area contributed by atoms with Crippen LogP contribution in [0.1, 0.15) is 15.9 Å². The normalized spacial score (nSPS) is 11.0. The number of carbonyl (C=O) groups excluding carboxylic acids is 1. The van der Waals surface area contributed by atoms with E-state index in [-0.39, 0.29) is 11.3 Å². The Morgan fingerprint density at radius 3 is 2.83 bits per heavy atom. The molecule has 3 rings (SSSR count). The molecular weight excluding hydrogens is 322 g/mol. The molecule has 1 N–H and O–H groups in total. The average molecular weight is 334 g/mol. The van der Waals surface area contributed by atoms with Crippen LogP contribution in [0.5, 0.6) is 5.75 Å². The lowest BCUT2D eigenvalue weighted by Gasteiger charge is -2.09. The van der Waals surface area contributed by atoms with Gasteiger partial charge in [0.15, 0.2) is 5.13 Å². The standard InChI is InChI=1S/C16H12F2N2O2S/c1-9-6-7-11-13(8-9)23-16(19-11)20-14(21)10-4-2-3-5-12(10)22-15(17)18/h2-8,15H,1H3,(H,19,20,21). The number of hydrogen-bond donors (Lipinski definition) is 1. The molecule has 0 spiro atoms. The fourth-order valence-electron chi connectivity index (χ4n) is 2.10. The SMILES string of the molecule is Cc1ccc2nc(NC(=O)c3ccccc3OC(F)F)sc2c1. The first kappa shape index (κ1) is 15.4. The van der Waals surface area contributed by atoms with Crippen LogP contribution in [0.2, 0.25) is 0 Å². The third-order valence-electron chi connectivity index (χ3n) is 3.11. The van der Waals surface area contributed by atoms with Crippen molar-refractivity contribution in [2.45, 2.75) is 13.5 Å². The van der Waals surface area contributed by atoms with Crippen molar-refractivity contribution in [1.29, 1.82) is 0 Å². The van der Waals surface area contributed by atoms with Crippen molar-refractivity contribution in [1.82, 2.24) is 4.98 Å². The summed E-state index contributed by atoms with van der Waals surface area (Å²) in [5, 5.41) is 3.03. The summed E-state index contributed by atoms with van der Waals surface area (Å²) in [5.41, 5.74) is 1.89. The third-order valence-corrected chi connectivity index (χ3v) is 4.05. The van der Waals surface area contributed by atoms with E-state index in [0.717, 1.165) is 15.8 Å². The number of hydrogen-bond acceptors (Lipinski definition) is 4. The molecule has 4 nitrogen and oxygen atoms in total. The van der Waals surface area contributed by atoms with E-state index in [9.17, 15) is 13.6 Å². The number of aromatic nitrogens is 1. The van der Waals surface area contributed by atoms with Crippen LogP contribution < -0.4 is 10.1 Å². The van der Waals surface area contributed by atoms with Crippen LogP contribution in [-0.4, -0.2) is 17.5 Å². The highest BCUT2D eigenvalue weighted by Gasteiger charge is 2.16. The summed E-state index contributed by atoms with van der Waals surface area (Å²) < 4.78 is 30.1. The third kappa shape index (κ3) is 3.45. The maximum Gasteiger partial charge on any atom is 0.387 e. The first-order chi connectivity index (χ1) is 11.0. The van der Waals surface area contributed by atoms with Gasteiger partial charge in [0.25, 0.3) is 5.91 Å². The molecule has 0 bridgehead atoms. The van der Waals surface area contributed by atoms with Crippen molar-refractivity contribution in [3.63, 3.8) is 0 Å². The van der Waals surface area contributed by atoms with Crippen LogP contribution in [0.3, 0.4) is 0 Å². The first-order valence-corrected chi connectivity index (χ1v) is 7.57. The molecule has 0 aliphatic heterocycles. The molecule has 0 aliphatic rings. The molecule has 1 amide bonds. The summed E-state index contributed by atoms with van der Waals surface area (Å²) in [6.45, 7) is -1.02. The second-order valence-corrected chi connectivity index (χ2v) is 5.85. The van der Waals surface area contributed by atoms with Gasteiger partial charge in [0.2, 0.25) is 0 Å². The van der Waals surface area contributed by atoms with Gasteiger partial charge in [-0.3, -0.25) is 10.1 Å². The largest absolute Gasteiger partial charge is 0.434 e. The molecule has 0 unspecified atom stereocenters. The summed E-state index contributed by atoms with van der Waals surface area (Å²) in [5.74, 6) is -0.714. The molecule has 1 aromatic heterocycles. The van der Waals surface area contributed by atoms with E-state index in [4.69, 9.17) is 0 Å². The molecule has 0 saturated heterocycles. The minimum atomic E-state index is -2.99. The van der Waals surface area contributed by atoms with Gasteiger partial charge < -0.3 is 4.74 Å². The summed E-state index contributed by atoms with van der Waals surface area (Å²) >= 11 is 1.32. The molecule has 0 aliphatic carbocycles. The van der Waals surface area contributed by atoms with Gasteiger partial charge in [0.05, 0.1) is 15.8 Å². The highest BCUT2D eigenvalue weighted by atomic mass is 32.1. The molecule has 0 radical (unpaired) electrons. The van der Waals surface area contributed by atoms with E-state index in [1.54, 1.807) is 6.07 Å². The van der Waals surface area contributed by atoms with Crippen LogP contribution >= 0.6 is 11.3 Å². The zero-order valence-electron chi connectivity index (χ0n) is 12.0. The van der Waals surface area contributed by atoms with E-state index >= 15 is 0 Å². The van der Waals surface area contributed by atoms with Gasteiger partial charge in [0, 0.05) is 0 Å². The molecule has 0 fully saturated rings. The van der Waals surface area contributed by atoms with E-state index in [1.165, 1.54) is 29.5 Å². The Balaban J connectivity index is 1.86. The maximum atomic E-state index is 12.4. The molecule has 0 atom stereocenters. The molecular formula is C16H12F2N2O2S. The van der Waals surface area contributed by atoms with Crippen LogP contribution in [0.15, 0.2) is 42.5 Å². The minimum absolute atomic E-state index is 0.0308. The smallest absolute Gasteiger partial charge is 0.387 e. The summed E-state index contributed by atoms with van der Waals surface area (Å²) in [7, 11) is 0. The molecule has 118 valence electrons. The lowest BCUT2D eigenvalue weighted by molar-refractivity contribution is -0.0501. The quantitative estimate of drug-likeness (QED) is 0.766. The zero-order valence-corrected chi connectivity index (χ0v) is 12.9. The van der Waals surface area contributed by atoms with Crippen molar-refractivity contribution in [2.24, 2.45) is 0 Å². The number of nitrogens with zero attached hydrogens (tertiary/aromatic N) is 1. The van der Waals surface area contributed by atoms with Gasteiger partial charge in [0.1, 0.15) is 5.75 Å². The van der Waals surface area contributed by atoms with Gasteiger partial charge in [-0.05, 0) is 36.8 Å². The number of aryl methyl sites for hydroxylation is 1. The van der Waals surface area contributed by atoms with E-state index in [2.05, 4.69) is 15.0 Å². The number of carbonyl (C=O) groups is 1. The van der Waals surface area contributed by atoms with Crippen LogP contribution in [0, 0.1) is 6.92 Å². The lowest BCUT2D eigenvalue weighted by atomic mass is 10.2. The number of rotatable bonds is 4. The predicted molar refractivity (Wildman–Crippen MR) is 85.4 cm³/mol. The number of ether oxygens (including phenoxy) is 1. The Morgan fingerprint density at radius 2 is 2.04 bits per heavy atom. The molecule has 1 heterocycles. The fourth-order valence-corrected chi connectivity index (χ4v) is 3.06. The minimum Gasteiger partial charge on any atom is -0.434 e. The number of benzene rings is 2. The van der Waals surface area contributed by atoms with Crippen LogP contribution in [-0.2, 0) is 0 Å². The van der Waals surface area contributed by atoms with Gasteiger partial charge in [-0.1, -0.05) is 29.5 Å². The fraction of sp³-hybridized carbons (Fsp3) is 0.125. The Morgan fingerprint density at radius 1 is 1.26 bits per heavy atom. The van der Waals surface area contributed by atoms with Crippen molar-refractivity contribution < 1.29 is 18.3 Å². The molecule has 2 aromatic carbocycles. The van der Waals surface area contributed by atoms with Gasteiger partial charge in [-0.25, -0.2) is 4.98 Å². The van der Waals surface area contributed by atoms with E-state index < -0.39 is 12.5 Å². The van der Waals surface area contributed by atoms with E-state index in [0.29, 0.717) is 5.13 Å². The number of para-hydroxylation sites is 1. The van der Waals surface area contributed by atoms with Crippen molar-refractivity contribution in [2.75, 3.05) is 5.32 Å². The Hall–Kier alpha value is -2.54. The molecule has 7 heteroatoms. The number of halogens is 2. The number of nitrogens with one attached hydrogen (secondary N) is 1. The number of fused-ring (bicyclic) bond motifs is 1. The Bertz CT molecular complexity index is 864. The van der Waals surface area contributed by atoms with Crippen LogP contribution in [0.4, 0.5) is 13.9 Å². The van der Waals surface area contributed by atoms with E-state index in [1.807, 2.05) is 25.1 Å². The summed E-state index contributed by atoms with van der Waals surface area (Å²) in [6.07, 6.45) is 0. The van der Waals surface area contributed by atoms with Crippen LogP contribution in [0.25, 0.3) is 10.2 Å². The lowest BCUT2D eigenvalue weighted by Crippen LogP contribution is -2.14. The number of anilines is 1. The summed E-state index contributed by atoms with van der Waals surface area (Å²) in [6, 6.07) is 11.6. The van der Waals surface area contributed by atoms with Crippen molar-refractivity contribution in [3.05, 3.63) is 53.6 Å². The van der Waals surface area contributed by atoms with Crippen molar-refractivity contribution in [3.8, 4) is 5.75 Å². The summed E-state index contributed by atoms with van der Waals surface area (Å²) in [4.78, 5) is 16.6. The van der Waals surface area contributed by atoms with Gasteiger partial charge >= 0.3 is 6.61 Å². The molecule has 0 saturated carbocycles. The second-order valence-electron chi connectivity index (χ2n) is 4.82. The van der Waals surface area contributed by atoms with Gasteiger partial charge in [-0.15, -0.1) is 0 Å². The maximum absolute atomic E-state index is 12.4. The van der Waals surface area contributed by atoms with Crippen molar-refractivity contribution >= 4 is 32.6 Å². The Kier molecular flexibility index (Phi) is 4.20. The number of amides is 1. The number of alkyl halides is 2. The zero-order chi connectivity index (χ0) is 16.4. The molecule has 23 heavy (non-hydrogen) atoms. The highest BCUT2D eigenvalue weighted by molar-refractivity contribution is 7.22. The monoisotopic (exact) mass is 334 g/mol. The second kappa shape index (κ2) is 6.29. The number of thiazole rings is 1. The predicted octanol–water partition coefficient (Wildman–Crippen LogP) is 4.46. The Labute approximate surface area is 134 Å². The first-order valence-electron chi connectivity index (χ1n) is 6.75. The highest BCUT2D eigenvalue weighted by Crippen LogP contribution is 2.28. The average Bonchev–Trinajstić information content (AvgIpc) is 2.88. The molecule has 3 aromatic rings. The topological polar surface area (TPSA) is 51.2 Å².